The minimum absolute atomic E-state index is 0.238. The van der Waals surface area contributed by atoms with Crippen molar-refractivity contribution in [3.05, 3.63) is 0 Å². The zero-order valence-corrected chi connectivity index (χ0v) is 13.2. The molecule has 0 bridgehead atoms. The van der Waals surface area contributed by atoms with Gasteiger partial charge in [-0.25, -0.2) is 0 Å². The smallest absolute Gasteiger partial charge is 0.0639 e. The lowest BCUT2D eigenvalue weighted by molar-refractivity contribution is -0.0339. The fourth-order valence-electron chi connectivity index (χ4n) is 2.84. The first-order valence-electron chi connectivity index (χ1n) is 7.30. The molecule has 0 saturated heterocycles. The third-order valence-electron chi connectivity index (χ3n) is 3.37. The quantitative estimate of drug-likeness (QED) is 0.364. The largest absolute Gasteiger partial charge is 0.393 e. The number of hydrogen-bond acceptors (Lipinski definition) is 6. The predicted octanol–water partition coefficient (Wildman–Crippen LogP) is -0.711. The topological polar surface area (TPSA) is 110 Å². The Balaban J connectivity index is 5.33. The standard InChI is InChI=1S/C14H32N2O4/c1-10(17)5-14(9-15,6-11(2)18)16(7-12(3)19)8-13(4)20/h10-13,17-20H,5-9,15H2,1-4H3. The van der Waals surface area contributed by atoms with Crippen LogP contribution in [0.15, 0.2) is 0 Å². The predicted molar refractivity (Wildman–Crippen MR) is 79.3 cm³/mol. The number of rotatable bonds is 10. The molecule has 122 valence electrons. The molecule has 0 fully saturated rings. The van der Waals surface area contributed by atoms with Crippen LogP contribution in [0.25, 0.3) is 0 Å². The molecular formula is C14H32N2O4. The van der Waals surface area contributed by atoms with E-state index in [9.17, 15) is 20.4 Å². The Hall–Kier alpha value is -0.240. The van der Waals surface area contributed by atoms with E-state index in [1.165, 1.54) is 0 Å². The lowest BCUT2D eigenvalue weighted by Gasteiger charge is -2.46. The summed E-state index contributed by atoms with van der Waals surface area (Å²) in [6, 6.07) is 0. The number of nitrogens with two attached hydrogens (primary N) is 1. The summed E-state index contributed by atoms with van der Waals surface area (Å²) in [7, 11) is 0. The minimum atomic E-state index is -0.643. The maximum atomic E-state index is 9.76. The molecule has 0 spiro atoms. The molecule has 0 amide bonds. The maximum Gasteiger partial charge on any atom is 0.0639 e. The third-order valence-corrected chi connectivity index (χ3v) is 3.37. The van der Waals surface area contributed by atoms with Crippen LogP contribution in [0.3, 0.4) is 0 Å². The van der Waals surface area contributed by atoms with E-state index in [0.29, 0.717) is 25.9 Å². The Morgan fingerprint density at radius 1 is 0.800 bits per heavy atom. The van der Waals surface area contributed by atoms with E-state index in [1.54, 1.807) is 27.7 Å². The average molecular weight is 292 g/mol. The Morgan fingerprint density at radius 2 is 1.15 bits per heavy atom. The monoisotopic (exact) mass is 292 g/mol. The van der Waals surface area contributed by atoms with Crippen LogP contribution in [0.5, 0.6) is 0 Å². The molecule has 0 aromatic carbocycles. The second-order valence-electron chi connectivity index (χ2n) is 6.14. The minimum Gasteiger partial charge on any atom is -0.393 e. The van der Waals surface area contributed by atoms with Gasteiger partial charge in [-0.2, -0.15) is 0 Å². The molecule has 0 aliphatic heterocycles. The highest BCUT2D eigenvalue weighted by atomic mass is 16.3. The van der Waals surface area contributed by atoms with Gasteiger partial charge in [-0.3, -0.25) is 4.90 Å². The van der Waals surface area contributed by atoms with E-state index in [2.05, 4.69) is 0 Å². The summed E-state index contributed by atoms with van der Waals surface area (Å²) in [6.07, 6.45) is -1.56. The molecule has 0 aliphatic rings. The molecular weight excluding hydrogens is 260 g/mol. The molecule has 0 radical (unpaired) electrons. The van der Waals surface area contributed by atoms with Crippen LogP contribution in [0.4, 0.5) is 0 Å². The van der Waals surface area contributed by atoms with Gasteiger partial charge in [0.1, 0.15) is 0 Å². The molecule has 0 aromatic heterocycles. The highest BCUT2D eigenvalue weighted by molar-refractivity contribution is 4.95. The van der Waals surface area contributed by atoms with Crippen LogP contribution in [0, 0.1) is 0 Å². The molecule has 6 N–H and O–H groups in total. The van der Waals surface area contributed by atoms with Gasteiger partial charge < -0.3 is 26.2 Å². The molecule has 4 unspecified atom stereocenters. The number of aliphatic hydroxyl groups excluding tert-OH is 4. The van der Waals surface area contributed by atoms with E-state index in [1.807, 2.05) is 4.90 Å². The Labute approximate surface area is 122 Å². The van der Waals surface area contributed by atoms with Crippen LogP contribution in [0.2, 0.25) is 0 Å². The van der Waals surface area contributed by atoms with E-state index < -0.39 is 30.0 Å². The summed E-state index contributed by atoms with van der Waals surface area (Å²) >= 11 is 0. The zero-order valence-electron chi connectivity index (χ0n) is 13.2. The molecule has 6 heteroatoms. The van der Waals surface area contributed by atoms with E-state index in [4.69, 9.17) is 5.73 Å². The summed E-state index contributed by atoms with van der Waals surface area (Å²) in [4.78, 5) is 1.89. The normalized spacial score (nSPS) is 21.3. The fourth-order valence-corrected chi connectivity index (χ4v) is 2.84. The molecule has 0 rings (SSSR count). The summed E-state index contributed by atoms with van der Waals surface area (Å²) in [5.74, 6) is 0. The lowest BCUT2D eigenvalue weighted by atomic mass is 9.84. The van der Waals surface area contributed by atoms with E-state index in [0.717, 1.165) is 0 Å². The van der Waals surface area contributed by atoms with Crippen LogP contribution in [0.1, 0.15) is 40.5 Å². The fraction of sp³-hybridized carbons (Fsp3) is 1.00. The van der Waals surface area contributed by atoms with E-state index in [-0.39, 0.29) is 6.54 Å². The van der Waals surface area contributed by atoms with E-state index >= 15 is 0 Å². The van der Waals surface area contributed by atoms with Crippen molar-refractivity contribution in [1.29, 1.82) is 0 Å². The number of β-amino-alcohol motifs (C(OH)–C–C–N with tert-alkyl or cyclic N) is 2. The van der Waals surface area contributed by atoms with Gasteiger partial charge in [0, 0.05) is 25.2 Å². The molecule has 6 nitrogen and oxygen atoms in total. The van der Waals surface area contributed by atoms with Crippen molar-refractivity contribution < 1.29 is 20.4 Å². The SMILES string of the molecule is CC(O)CN(CC(C)O)C(CN)(CC(C)O)CC(C)O. The van der Waals surface area contributed by atoms with Crippen molar-refractivity contribution in [3.63, 3.8) is 0 Å². The van der Waals surface area contributed by atoms with Crippen molar-refractivity contribution in [2.75, 3.05) is 19.6 Å². The van der Waals surface area contributed by atoms with Crippen LogP contribution in [-0.4, -0.2) is 74.9 Å². The van der Waals surface area contributed by atoms with Gasteiger partial charge in [0.05, 0.1) is 24.4 Å². The molecule has 0 saturated carbocycles. The first-order chi connectivity index (χ1) is 9.12. The van der Waals surface area contributed by atoms with Gasteiger partial charge in [-0.15, -0.1) is 0 Å². The molecule has 0 heterocycles. The average Bonchev–Trinajstić information content (AvgIpc) is 2.24. The van der Waals surface area contributed by atoms with Crippen molar-refractivity contribution in [2.24, 2.45) is 5.73 Å². The van der Waals surface area contributed by atoms with Crippen LogP contribution < -0.4 is 5.73 Å². The summed E-state index contributed by atoms with van der Waals surface area (Å²) in [5, 5.41) is 38.9. The summed E-state index contributed by atoms with van der Waals surface area (Å²) in [6.45, 7) is 7.60. The Bertz CT molecular complexity index is 238. The van der Waals surface area contributed by atoms with Crippen molar-refractivity contribution in [1.82, 2.24) is 4.90 Å². The van der Waals surface area contributed by atoms with Gasteiger partial charge in [0.15, 0.2) is 0 Å². The highest BCUT2D eigenvalue weighted by Crippen LogP contribution is 2.27. The first kappa shape index (κ1) is 19.8. The second kappa shape index (κ2) is 8.92. The molecule has 4 atom stereocenters. The Kier molecular flexibility index (Phi) is 8.81. The third kappa shape index (κ3) is 6.97. The van der Waals surface area contributed by atoms with Gasteiger partial charge in [0.2, 0.25) is 0 Å². The van der Waals surface area contributed by atoms with Crippen molar-refractivity contribution in [2.45, 2.75) is 70.5 Å². The lowest BCUT2D eigenvalue weighted by Crippen LogP contribution is -2.59. The van der Waals surface area contributed by atoms with Gasteiger partial charge in [-0.1, -0.05) is 0 Å². The zero-order chi connectivity index (χ0) is 15.9. The number of nitrogens with zero attached hydrogens (tertiary/aromatic N) is 1. The molecule has 0 aliphatic carbocycles. The molecule has 0 aromatic rings. The summed E-state index contributed by atoms with van der Waals surface area (Å²) in [5.41, 5.74) is 5.29. The number of hydrogen-bond donors (Lipinski definition) is 5. The second-order valence-corrected chi connectivity index (χ2v) is 6.14. The molecule has 20 heavy (non-hydrogen) atoms. The van der Waals surface area contributed by atoms with Crippen LogP contribution in [-0.2, 0) is 0 Å². The van der Waals surface area contributed by atoms with Crippen molar-refractivity contribution in [3.8, 4) is 0 Å². The highest BCUT2D eigenvalue weighted by Gasteiger charge is 2.38. The van der Waals surface area contributed by atoms with Crippen molar-refractivity contribution >= 4 is 0 Å². The van der Waals surface area contributed by atoms with Gasteiger partial charge in [0.25, 0.3) is 0 Å². The Morgan fingerprint density at radius 3 is 1.35 bits per heavy atom. The van der Waals surface area contributed by atoms with Gasteiger partial charge >= 0.3 is 0 Å². The van der Waals surface area contributed by atoms with Gasteiger partial charge in [-0.05, 0) is 40.5 Å². The summed E-state index contributed by atoms with van der Waals surface area (Å²) < 4.78 is 0. The first-order valence-corrected chi connectivity index (χ1v) is 7.30. The number of aliphatic hydroxyl groups is 4. The maximum absolute atomic E-state index is 9.76. The van der Waals surface area contributed by atoms with Crippen LogP contribution >= 0.6 is 0 Å².